The van der Waals surface area contributed by atoms with Crippen LogP contribution in [0.1, 0.15) is 15.9 Å². The first-order valence-electron chi connectivity index (χ1n) is 5.68. The summed E-state index contributed by atoms with van der Waals surface area (Å²) in [5, 5.41) is 8.92. The van der Waals surface area contributed by atoms with E-state index in [2.05, 4.69) is 0 Å². The van der Waals surface area contributed by atoms with E-state index in [1.165, 1.54) is 10.6 Å². The van der Waals surface area contributed by atoms with Crippen molar-refractivity contribution >= 4 is 5.97 Å². The van der Waals surface area contributed by atoms with Crippen molar-refractivity contribution in [1.29, 1.82) is 0 Å². The van der Waals surface area contributed by atoms with Crippen LogP contribution in [0.5, 0.6) is 5.75 Å². The quantitative estimate of drug-likeness (QED) is 0.905. The monoisotopic (exact) mass is 259 g/mol. The molecule has 0 saturated carbocycles. The van der Waals surface area contributed by atoms with Crippen LogP contribution >= 0.6 is 0 Å². The molecule has 0 aliphatic rings. The van der Waals surface area contributed by atoms with E-state index in [4.69, 9.17) is 9.84 Å². The zero-order valence-electron chi connectivity index (χ0n) is 10.4. The molecule has 5 heteroatoms. The minimum Gasteiger partial charge on any atom is -0.496 e. The highest BCUT2D eigenvalue weighted by Gasteiger charge is 2.11. The molecule has 2 aromatic rings. The molecule has 1 aromatic carbocycles. The van der Waals surface area contributed by atoms with Gasteiger partial charge in [0.25, 0.3) is 5.56 Å². The summed E-state index contributed by atoms with van der Waals surface area (Å²) in [6.45, 7) is 0.268. The molecular formula is C14H13NO4. The second kappa shape index (κ2) is 5.39. The van der Waals surface area contributed by atoms with Gasteiger partial charge in [-0.2, -0.15) is 0 Å². The van der Waals surface area contributed by atoms with Crippen LogP contribution in [-0.4, -0.2) is 22.8 Å². The van der Waals surface area contributed by atoms with Gasteiger partial charge in [-0.15, -0.1) is 0 Å². The summed E-state index contributed by atoms with van der Waals surface area (Å²) in [6.07, 6.45) is 1.56. The molecule has 5 nitrogen and oxygen atoms in total. The molecule has 1 N–H and O–H groups in total. The van der Waals surface area contributed by atoms with E-state index >= 15 is 0 Å². The van der Waals surface area contributed by atoms with Crippen LogP contribution < -0.4 is 10.3 Å². The first-order valence-corrected chi connectivity index (χ1v) is 5.68. The highest BCUT2D eigenvalue weighted by atomic mass is 16.5. The van der Waals surface area contributed by atoms with Crippen molar-refractivity contribution in [3.63, 3.8) is 0 Å². The van der Waals surface area contributed by atoms with Gasteiger partial charge < -0.3 is 14.4 Å². The average Bonchev–Trinajstić information content (AvgIpc) is 2.41. The van der Waals surface area contributed by atoms with Crippen LogP contribution in [0.3, 0.4) is 0 Å². The Hall–Kier alpha value is -2.56. The largest absolute Gasteiger partial charge is 0.496 e. The van der Waals surface area contributed by atoms with Gasteiger partial charge in [-0.25, -0.2) is 4.79 Å². The summed E-state index contributed by atoms with van der Waals surface area (Å²) in [5.74, 6) is -0.561. The molecular weight excluding hydrogens is 246 g/mol. The molecule has 19 heavy (non-hydrogen) atoms. The fraction of sp³-hybridized carbons (Fsp3) is 0.143. The maximum Gasteiger partial charge on any atom is 0.341 e. The van der Waals surface area contributed by atoms with Crippen molar-refractivity contribution in [2.45, 2.75) is 6.54 Å². The van der Waals surface area contributed by atoms with Crippen LogP contribution in [0.25, 0.3) is 0 Å². The second-order valence-corrected chi connectivity index (χ2v) is 3.97. The van der Waals surface area contributed by atoms with Crippen LogP contribution in [0, 0.1) is 0 Å². The number of carbonyl (C=O) groups is 1. The number of aromatic carboxylic acids is 1. The summed E-state index contributed by atoms with van der Waals surface area (Å²) in [6, 6.07) is 10.1. The SMILES string of the molecule is COc1ccccc1Cn1cccc(C(=O)O)c1=O. The lowest BCUT2D eigenvalue weighted by molar-refractivity contribution is 0.0694. The van der Waals surface area contributed by atoms with Crippen molar-refractivity contribution < 1.29 is 14.6 Å². The molecule has 0 aliphatic carbocycles. The molecule has 0 saturated heterocycles. The Bertz CT molecular complexity index is 660. The number of methoxy groups -OCH3 is 1. The third-order valence-electron chi connectivity index (χ3n) is 2.78. The van der Waals surface area contributed by atoms with Gasteiger partial charge in [0, 0.05) is 11.8 Å². The van der Waals surface area contributed by atoms with Crippen LogP contribution in [0.2, 0.25) is 0 Å². The molecule has 0 spiro atoms. The van der Waals surface area contributed by atoms with Crippen molar-refractivity contribution in [2.75, 3.05) is 7.11 Å². The highest BCUT2D eigenvalue weighted by Crippen LogP contribution is 2.17. The van der Waals surface area contributed by atoms with Gasteiger partial charge in [0.1, 0.15) is 11.3 Å². The Labute approximate surface area is 109 Å². The van der Waals surface area contributed by atoms with Crippen LogP contribution in [-0.2, 0) is 6.54 Å². The Morgan fingerprint density at radius 3 is 2.68 bits per heavy atom. The predicted molar refractivity (Wildman–Crippen MR) is 69.8 cm³/mol. The van der Waals surface area contributed by atoms with E-state index in [9.17, 15) is 9.59 Å². The Balaban J connectivity index is 2.42. The number of nitrogens with zero attached hydrogens (tertiary/aromatic N) is 1. The molecule has 0 aliphatic heterocycles. The number of pyridine rings is 1. The van der Waals surface area contributed by atoms with E-state index in [-0.39, 0.29) is 12.1 Å². The maximum absolute atomic E-state index is 12.0. The van der Waals surface area contributed by atoms with E-state index < -0.39 is 11.5 Å². The lowest BCUT2D eigenvalue weighted by Gasteiger charge is -2.10. The van der Waals surface area contributed by atoms with E-state index in [1.807, 2.05) is 18.2 Å². The van der Waals surface area contributed by atoms with E-state index in [0.717, 1.165) is 5.56 Å². The second-order valence-electron chi connectivity index (χ2n) is 3.97. The molecule has 0 radical (unpaired) electrons. The third-order valence-corrected chi connectivity index (χ3v) is 2.78. The van der Waals surface area contributed by atoms with Crippen molar-refractivity contribution in [2.24, 2.45) is 0 Å². The summed E-state index contributed by atoms with van der Waals surface area (Å²) < 4.78 is 6.55. The normalized spacial score (nSPS) is 10.2. The van der Waals surface area contributed by atoms with Crippen molar-refractivity contribution in [3.05, 3.63) is 64.1 Å². The van der Waals surface area contributed by atoms with Gasteiger partial charge in [0.2, 0.25) is 0 Å². The maximum atomic E-state index is 12.0. The number of aromatic nitrogens is 1. The smallest absolute Gasteiger partial charge is 0.341 e. The number of benzene rings is 1. The van der Waals surface area contributed by atoms with Gasteiger partial charge in [-0.05, 0) is 18.2 Å². The molecule has 0 atom stereocenters. The molecule has 98 valence electrons. The standard InChI is InChI=1S/C14H13NO4/c1-19-12-7-3-2-5-10(12)9-15-8-4-6-11(13(15)16)14(17)18/h2-8H,9H2,1H3,(H,17,18). The van der Waals surface area contributed by atoms with Crippen LogP contribution in [0.4, 0.5) is 0 Å². The van der Waals surface area contributed by atoms with Crippen molar-refractivity contribution in [1.82, 2.24) is 4.57 Å². The Morgan fingerprint density at radius 1 is 1.26 bits per heavy atom. The molecule has 0 amide bonds. The number of carboxylic acid groups (broad SMARTS) is 1. The van der Waals surface area contributed by atoms with Crippen LogP contribution in [0.15, 0.2) is 47.4 Å². The summed E-state index contributed by atoms with van der Waals surface area (Å²) >= 11 is 0. The lowest BCUT2D eigenvalue weighted by Crippen LogP contribution is -2.26. The fourth-order valence-electron chi connectivity index (χ4n) is 1.84. The van der Waals surface area contributed by atoms with Gasteiger partial charge in [-0.1, -0.05) is 18.2 Å². The Morgan fingerprint density at radius 2 is 2.00 bits per heavy atom. The number of para-hydroxylation sites is 1. The molecule has 2 rings (SSSR count). The lowest BCUT2D eigenvalue weighted by atomic mass is 10.2. The predicted octanol–water partition coefficient (Wildman–Crippen LogP) is 1.60. The minimum absolute atomic E-state index is 0.239. The highest BCUT2D eigenvalue weighted by molar-refractivity contribution is 5.86. The fourth-order valence-corrected chi connectivity index (χ4v) is 1.84. The molecule has 1 aromatic heterocycles. The number of hydrogen-bond acceptors (Lipinski definition) is 3. The minimum atomic E-state index is -1.22. The van der Waals surface area contributed by atoms with Gasteiger partial charge in [0.15, 0.2) is 0 Å². The Kier molecular flexibility index (Phi) is 3.66. The molecule has 0 fully saturated rings. The number of carboxylic acids is 1. The van der Waals surface area contributed by atoms with Gasteiger partial charge in [0.05, 0.1) is 13.7 Å². The topological polar surface area (TPSA) is 68.5 Å². The number of ether oxygens (including phenoxy) is 1. The average molecular weight is 259 g/mol. The molecule has 0 unspecified atom stereocenters. The van der Waals surface area contributed by atoms with Crippen molar-refractivity contribution in [3.8, 4) is 5.75 Å². The first-order chi connectivity index (χ1) is 9.13. The van der Waals surface area contributed by atoms with E-state index in [0.29, 0.717) is 5.75 Å². The molecule has 1 heterocycles. The molecule has 0 bridgehead atoms. The zero-order chi connectivity index (χ0) is 13.8. The summed E-state index contributed by atoms with van der Waals surface area (Å²) in [4.78, 5) is 22.9. The van der Waals surface area contributed by atoms with Gasteiger partial charge >= 0.3 is 5.97 Å². The number of rotatable bonds is 4. The van der Waals surface area contributed by atoms with Gasteiger partial charge in [-0.3, -0.25) is 4.79 Å². The zero-order valence-corrected chi connectivity index (χ0v) is 10.4. The summed E-state index contributed by atoms with van der Waals surface area (Å²) in [7, 11) is 1.55. The summed E-state index contributed by atoms with van der Waals surface area (Å²) in [5.41, 5.74) is 0.0490. The number of hydrogen-bond donors (Lipinski definition) is 1. The first kappa shape index (κ1) is 12.9. The third kappa shape index (κ3) is 2.65. The van der Waals surface area contributed by atoms with E-state index in [1.54, 1.807) is 25.4 Å².